The molecular weight excluding hydrogens is 360 g/mol. The van der Waals surface area contributed by atoms with Crippen LogP contribution in [0.1, 0.15) is 11.6 Å². The third-order valence-electron chi connectivity index (χ3n) is 2.68. The number of rotatable bonds is 6. The van der Waals surface area contributed by atoms with Crippen LogP contribution in [0.25, 0.3) is 0 Å². The third-order valence-corrected chi connectivity index (χ3v) is 4.66. The smallest absolute Gasteiger partial charge is 0.324 e. The van der Waals surface area contributed by atoms with Crippen LogP contribution in [-0.4, -0.2) is 42.3 Å². The van der Waals surface area contributed by atoms with Gasteiger partial charge in [0.15, 0.2) is 5.94 Å². The molecular formula is C12H14N4O6S2. The van der Waals surface area contributed by atoms with E-state index in [4.69, 9.17) is 4.55 Å². The van der Waals surface area contributed by atoms with Gasteiger partial charge in [0.05, 0.1) is 4.90 Å². The molecule has 1 aromatic heterocycles. The van der Waals surface area contributed by atoms with Crippen LogP contribution in [0.5, 0.6) is 0 Å². The zero-order valence-corrected chi connectivity index (χ0v) is 14.3. The van der Waals surface area contributed by atoms with Crippen molar-refractivity contribution in [2.75, 3.05) is 11.3 Å². The summed E-state index contributed by atoms with van der Waals surface area (Å²) in [5, 5.41) is 2.90. The molecule has 0 amide bonds. The molecule has 0 aliphatic carbocycles. The lowest BCUT2D eigenvalue weighted by Gasteiger charge is -2.08. The molecule has 0 aliphatic heterocycles. The molecule has 0 unspecified atom stereocenters. The molecule has 24 heavy (non-hydrogen) atoms. The van der Waals surface area contributed by atoms with Crippen molar-refractivity contribution in [3.8, 4) is 0 Å². The minimum Gasteiger partial charge on any atom is -0.324 e. The molecule has 0 spiro atoms. The van der Waals surface area contributed by atoms with E-state index in [2.05, 4.69) is 24.5 Å². The first kappa shape index (κ1) is 18.2. The Labute approximate surface area is 138 Å². The molecule has 1 heterocycles. The van der Waals surface area contributed by atoms with Gasteiger partial charge in [0, 0.05) is 5.69 Å². The van der Waals surface area contributed by atoms with Gasteiger partial charge < -0.3 is 5.32 Å². The van der Waals surface area contributed by atoms with Gasteiger partial charge in [0.1, 0.15) is 11.6 Å². The van der Waals surface area contributed by atoms with Gasteiger partial charge in [-0.2, -0.15) is 18.4 Å². The number of aryl methyl sites for hydroxylation is 2. The van der Waals surface area contributed by atoms with Gasteiger partial charge in [0.2, 0.25) is 15.8 Å². The first-order valence-electron chi connectivity index (χ1n) is 6.46. The lowest BCUT2D eigenvalue weighted by Crippen LogP contribution is -2.14. The summed E-state index contributed by atoms with van der Waals surface area (Å²) in [4.78, 5) is 12.1. The van der Waals surface area contributed by atoms with Gasteiger partial charge in [-0.1, -0.05) is 0 Å². The van der Waals surface area contributed by atoms with E-state index >= 15 is 0 Å². The first-order chi connectivity index (χ1) is 11.0. The molecule has 2 rings (SSSR count). The Morgan fingerprint density at radius 3 is 2.04 bits per heavy atom. The number of nitrogens with one attached hydrogen (secondary N) is 1. The van der Waals surface area contributed by atoms with Crippen molar-refractivity contribution in [2.24, 2.45) is 0 Å². The number of sulfone groups is 1. The van der Waals surface area contributed by atoms with E-state index in [0.29, 0.717) is 23.3 Å². The van der Waals surface area contributed by atoms with Crippen molar-refractivity contribution < 1.29 is 25.6 Å². The van der Waals surface area contributed by atoms with Crippen LogP contribution in [0.3, 0.4) is 0 Å². The molecule has 12 heteroatoms. The van der Waals surface area contributed by atoms with E-state index in [9.17, 15) is 16.8 Å². The van der Waals surface area contributed by atoms with Gasteiger partial charge in [-0.05, 0) is 38.1 Å². The lowest BCUT2D eigenvalue weighted by atomic mass is 10.3. The van der Waals surface area contributed by atoms with Crippen molar-refractivity contribution in [2.45, 2.75) is 18.7 Å². The average molecular weight is 374 g/mol. The maximum Gasteiger partial charge on any atom is 0.398 e. The van der Waals surface area contributed by atoms with Crippen molar-refractivity contribution >= 4 is 31.9 Å². The Bertz CT molecular complexity index is 922. The third kappa shape index (κ3) is 5.19. The fourth-order valence-electron chi connectivity index (χ4n) is 1.74. The molecule has 0 atom stereocenters. The monoisotopic (exact) mass is 374 g/mol. The molecule has 10 nitrogen and oxygen atoms in total. The number of benzene rings is 1. The van der Waals surface area contributed by atoms with E-state index < -0.39 is 26.2 Å². The number of hydrogen-bond donors (Lipinski definition) is 2. The zero-order valence-electron chi connectivity index (χ0n) is 12.7. The van der Waals surface area contributed by atoms with Crippen molar-refractivity contribution in [3.05, 3.63) is 35.9 Å². The average Bonchev–Trinajstić information content (AvgIpc) is 2.44. The summed E-state index contributed by atoms with van der Waals surface area (Å²) >= 11 is 0. The SMILES string of the molecule is Cc1nc(C)nc(Nc2ccc(S(=O)(=O)COS(=O)(=O)O)cc2)n1. The highest BCUT2D eigenvalue weighted by atomic mass is 32.3. The molecule has 130 valence electrons. The van der Waals surface area contributed by atoms with Crippen LogP contribution in [0.2, 0.25) is 0 Å². The Hall–Kier alpha value is -2.15. The zero-order chi connectivity index (χ0) is 18.0. The predicted octanol–water partition coefficient (Wildman–Crippen LogP) is 0.783. The van der Waals surface area contributed by atoms with Gasteiger partial charge in [-0.3, -0.25) is 4.55 Å². The molecule has 0 saturated heterocycles. The molecule has 2 aromatic rings. The number of aromatic nitrogens is 3. The molecule has 2 N–H and O–H groups in total. The fraction of sp³-hybridized carbons (Fsp3) is 0.250. The van der Waals surface area contributed by atoms with Crippen molar-refractivity contribution in [1.29, 1.82) is 0 Å². The van der Waals surface area contributed by atoms with Gasteiger partial charge in [-0.25, -0.2) is 17.6 Å². The Morgan fingerprint density at radius 1 is 1.00 bits per heavy atom. The van der Waals surface area contributed by atoms with E-state index in [-0.39, 0.29) is 4.90 Å². The molecule has 0 fully saturated rings. The minimum absolute atomic E-state index is 0.167. The van der Waals surface area contributed by atoms with Crippen LogP contribution in [0.15, 0.2) is 29.2 Å². The highest BCUT2D eigenvalue weighted by Gasteiger charge is 2.18. The second-order valence-electron chi connectivity index (χ2n) is 4.68. The van der Waals surface area contributed by atoms with E-state index in [1.54, 1.807) is 13.8 Å². The normalized spacial score (nSPS) is 12.1. The summed E-state index contributed by atoms with van der Waals surface area (Å²) < 4.78 is 57.0. The van der Waals surface area contributed by atoms with Gasteiger partial charge >= 0.3 is 10.4 Å². The quantitative estimate of drug-likeness (QED) is 0.695. The van der Waals surface area contributed by atoms with Crippen LogP contribution < -0.4 is 5.32 Å². The first-order valence-corrected chi connectivity index (χ1v) is 9.48. The Balaban J connectivity index is 2.15. The highest BCUT2D eigenvalue weighted by molar-refractivity contribution is 7.92. The number of nitrogens with zero attached hydrogens (tertiary/aromatic N) is 3. The molecule has 0 saturated carbocycles. The second-order valence-corrected chi connectivity index (χ2v) is 7.71. The Morgan fingerprint density at radius 2 is 1.54 bits per heavy atom. The maximum absolute atomic E-state index is 11.9. The standard InChI is InChI=1S/C12H14N4O6S2/c1-8-13-9(2)15-12(14-8)16-10-3-5-11(6-4-10)23(17,18)7-22-24(19,20)21/h3-6H,7H2,1-2H3,(H,19,20,21)(H,13,14,15,16). The fourth-order valence-corrected chi connectivity index (χ4v) is 3.42. The molecule has 0 bridgehead atoms. The molecule has 1 aromatic carbocycles. The molecule has 0 aliphatic rings. The Kier molecular flexibility index (Phi) is 5.13. The summed E-state index contributed by atoms with van der Waals surface area (Å²) in [6.45, 7) is 3.43. The maximum atomic E-state index is 11.9. The van der Waals surface area contributed by atoms with Crippen LogP contribution in [0.4, 0.5) is 11.6 Å². The number of anilines is 2. The van der Waals surface area contributed by atoms with Crippen LogP contribution in [0, 0.1) is 13.8 Å². The number of hydrogen-bond acceptors (Lipinski definition) is 9. The highest BCUT2D eigenvalue weighted by Crippen LogP contribution is 2.18. The van der Waals surface area contributed by atoms with Gasteiger partial charge in [-0.15, -0.1) is 0 Å². The van der Waals surface area contributed by atoms with Crippen molar-refractivity contribution in [1.82, 2.24) is 15.0 Å². The largest absolute Gasteiger partial charge is 0.398 e. The van der Waals surface area contributed by atoms with Gasteiger partial charge in [0.25, 0.3) is 0 Å². The topological polar surface area (TPSA) is 148 Å². The molecule has 0 radical (unpaired) electrons. The summed E-state index contributed by atoms with van der Waals surface area (Å²) in [5.74, 6) is 0.188. The predicted molar refractivity (Wildman–Crippen MR) is 83.7 cm³/mol. The summed E-state index contributed by atoms with van der Waals surface area (Å²) in [6, 6.07) is 5.42. The van der Waals surface area contributed by atoms with E-state index in [0.717, 1.165) is 0 Å². The summed E-state index contributed by atoms with van der Waals surface area (Å²) in [5.41, 5.74) is 0.523. The second kappa shape index (κ2) is 6.76. The van der Waals surface area contributed by atoms with Crippen LogP contribution >= 0.6 is 0 Å². The van der Waals surface area contributed by atoms with Crippen molar-refractivity contribution in [3.63, 3.8) is 0 Å². The van der Waals surface area contributed by atoms with E-state index in [1.165, 1.54) is 24.3 Å². The minimum atomic E-state index is -4.84. The van der Waals surface area contributed by atoms with Crippen LogP contribution in [-0.2, 0) is 24.4 Å². The van der Waals surface area contributed by atoms with E-state index in [1.807, 2.05) is 0 Å². The summed E-state index contributed by atoms with van der Waals surface area (Å²) in [7, 11) is -8.86. The summed E-state index contributed by atoms with van der Waals surface area (Å²) in [6.07, 6.45) is 0. The lowest BCUT2D eigenvalue weighted by molar-refractivity contribution is 0.306.